The Morgan fingerprint density at radius 2 is 1.62 bits per heavy atom. The molecule has 2 atom stereocenters. The zero-order valence-electron chi connectivity index (χ0n) is 11.6. The van der Waals surface area contributed by atoms with Crippen LogP contribution >= 0.6 is 0 Å². The third-order valence-electron chi connectivity index (χ3n) is 5.13. The molecule has 1 saturated heterocycles. The van der Waals surface area contributed by atoms with Gasteiger partial charge in [0.05, 0.1) is 0 Å². The van der Waals surface area contributed by atoms with Gasteiger partial charge in [-0.1, -0.05) is 33.6 Å². The molecule has 0 amide bonds. The van der Waals surface area contributed by atoms with Gasteiger partial charge < -0.3 is 10.6 Å². The van der Waals surface area contributed by atoms with Gasteiger partial charge in [-0.2, -0.15) is 0 Å². The summed E-state index contributed by atoms with van der Waals surface area (Å²) >= 11 is 0. The van der Waals surface area contributed by atoms with Crippen LogP contribution in [-0.4, -0.2) is 30.6 Å². The zero-order valence-corrected chi connectivity index (χ0v) is 11.6. The van der Waals surface area contributed by atoms with Crippen LogP contribution in [0.4, 0.5) is 0 Å². The number of nitrogens with zero attached hydrogens (tertiary/aromatic N) is 1. The molecule has 0 aromatic rings. The lowest BCUT2D eigenvalue weighted by atomic mass is 9.74. The van der Waals surface area contributed by atoms with Crippen molar-refractivity contribution < 1.29 is 0 Å². The number of hydrogen-bond donors (Lipinski definition) is 1. The molecule has 0 saturated carbocycles. The van der Waals surface area contributed by atoms with Crippen molar-refractivity contribution in [2.75, 3.05) is 19.6 Å². The Kier molecular flexibility index (Phi) is 5.26. The van der Waals surface area contributed by atoms with Gasteiger partial charge in [0.2, 0.25) is 0 Å². The van der Waals surface area contributed by atoms with E-state index in [9.17, 15) is 0 Å². The van der Waals surface area contributed by atoms with Crippen LogP contribution in [0.25, 0.3) is 0 Å². The van der Waals surface area contributed by atoms with E-state index in [1.807, 2.05) is 0 Å². The number of hydrogen-bond acceptors (Lipinski definition) is 2. The minimum atomic E-state index is 0.621. The van der Waals surface area contributed by atoms with E-state index in [0.717, 1.165) is 6.54 Å². The highest BCUT2D eigenvalue weighted by Crippen LogP contribution is 2.38. The smallest absolute Gasteiger partial charge is 0.0105 e. The molecule has 0 aliphatic carbocycles. The second-order valence-corrected chi connectivity index (χ2v) is 5.70. The van der Waals surface area contributed by atoms with E-state index in [-0.39, 0.29) is 0 Å². The van der Waals surface area contributed by atoms with Gasteiger partial charge >= 0.3 is 0 Å². The minimum Gasteiger partial charge on any atom is -0.330 e. The minimum absolute atomic E-state index is 0.621. The van der Waals surface area contributed by atoms with E-state index < -0.39 is 0 Å². The van der Waals surface area contributed by atoms with Gasteiger partial charge in [-0.15, -0.1) is 0 Å². The van der Waals surface area contributed by atoms with Crippen LogP contribution in [0.2, 0.25) is 0 Å². The highest BCUT2D eigenvalue weighted by atomic mass is 15.2. The second kappa shape index (κ2) is 6.02. The van der Waals surface area contributed by atoms with Gasteiger partial charge in [-0.3, -0.25) is 0 Å². The first-order valence-corrected chi connectivity index (χ1v) is 7.02. The molecule has 0 radical (unpaired) electrons. The summed E-state index contributed by atoms with van der Waals surface area (Å²) in [7, 11) is 0. The van der Waals surface area contributed by atoms with Crippen molar-refractivity contribution in [3.8, 4) is 0 Å². The number of likely N-dealkylation sites (tertiary alicyclic amines) is 1. The third-order valence-corrected chi connectivity index (χ3v) is 5.13. The van der Waals surface area contributed by atoms with E-state index in [2.05, 4.69) is 32.6 Å². The van der Waals surface area contributed by atoms with Crippen LogP contribution in [0.15, 0.2) is 0 Å². The molecule has 1 rings (SSSR count). The number of piperidine rings is 1. The monoisotopic (exact) mass is 226 g/mol. The summed E-state index contributed by atoms with van der Waals surface area (Å²) in [5.74, 6) is 0.621. The van der Waals surface area contributed by atoms with Crippen molar-refractivity contribution in [1.82, 2.24) is 4.90 Å². The first-order valence-electron chi connectivity index (χ1n) is 7.02. The van der Waals surface area contributed by atoms with Crippen LogP contribution in [-0.2, 0) is 0 Å². The Morgan fingerprint density at radius 1 is 1.12 bits per heavy atom. The molecule has 2 N–H and O–H groups in total. The third kappa shape index (κ3) is 2.98. The summed E-state index contributed by atoms with van der Waals surface area (Å²) in [4.78, 5) is 2.64. The topological polar surface area (TPSA) is 29.3 Å². The number of rotatable bonds is 5. The highest BCUT2D eigenvalue weighted by molar-refractivity contribution is 4.86. The van der Waals surface area contributed by atoms with Gasteiger partial charge in [0.15, 0.2) is 0 Å². The fourth-order valence-corrected chi connectivity index (χ4v) is 2.92. The van der Waals surface area contributed by atoms with Crippen molar-refractivity contribution >= 4 is 0 Å². The van der Waals surface area contributed by atoms with E-state index in [4.69, 9.17) is 5.73 Å². The largest absolute Gasteiger partial charge is 0.330 e. The molecule has 0 bridgehead atoms. The Morgan fingerprint density at radius 3 is 2.00 bits per heavy atom. The summed E-state index contributed by atoms with van der Waals surface area (Å²) in [6.07, 6.45) is 5.44. The maximum atomic E-state index is 5.76. The number of nitrogens with two attached hydrogens (primary N) is 1. The summed E-state index contributed by atoms with van der Waals surface area (Å²) in [5, 5.41) is 0. The van der Waals surface area contributed by atoms with Crippen molar-refractivity contribution in [1.29, 1.82) is 0 Å². The van der Waals surface area contributed by atoms with Crippen LogP contribution in [0.5, 0.6) is 0 Å². The van der Waals surface area contributed by atoms with Gasteiger partial charge in [-0.25, -0.2) is 0 Å². The molecular formula is C14H30N2. The maximum Gasteiger partial charge on any atom is 0.0105 e. The lowest BCUT2D eigenvalue weighted by Gasteiger charge is -2.44. The summed E-state index contributed by atoms with van der Waals surface area (Å²) < 4.78 is 0. The lowest BCUT2D eigenvalue weighted by Crippen LogP contribution is -2.47. The Bertz CT molecular complexity index is 189. The molecule has 1 fully saturated rings. The normalized spacial score (nSPS) is 25.3. The molecule has 1 aliphatic rings. The molecule has 2 nitrogen and oxygen atoms in total. The molecule has 0 spiro atoms. The molecule has 2 unspecified atom stereocenters. The highest BCUT2D eigenvalue weighted by Gasteiger charge is 2.33. The van der Waals surface area contributed by atoms with Gasteiger partial charge in [0, 0.05) is 6.04 Å². The Labute approximate surface area is 102 Å². The second-order valence-electron chi connectivity index (χ2n) is 5.70. The molecule has 1 aliphatic heterocycles. The fourth-order valence-electron chi connectivity index (χ4n) is 2.92. The summed E-state index contributed by atoms with van der Waals surface area (Å²) in [6, 6.07) is 0.650. The van der Waals surface area contributed by atoms with Crippen molar-refractivity contribution in [2.24, 2.45) is 17.1 Å². The quantitative estimate of drug-likeness (QED) is 0.781. The molecular weight excluding hydrogens is 196 g/mol. The van der Waals surface area contributed by atoms with Crippen molar-refractivity contribution in [3.63, 3.8) is 0 Å². The average molecular weight is 226 g/mol. The van der Waals surface area contributed by atoms with E-state index in [0.29, 0.717) is 17.4 Å². The van der Waals surface area contributed by atoms with Crippen LogP contribution < -0.4 is 5.73 Å². The first kappa shape index (κ1) is 14.0. The van der Waals surface area contributed by atoms with E-state index >= 15 is 0 Å². The summed E-state index contributed by atoms with van der Waals surface area (Å²) in [6.45, 7) is 12.7. The van der Waals surface area contributed by atoms with Crippen LogP contribution in [0.1, 0.15) is 53.4 Å². The van der Waals surface area contributed by atoms with Crippen molar-refractivity contribution in [2.45, 2.75) is 59.4 Å². The predicted octanol–water partition coefficient (Wildman–Crippen LogP) is 2.87. The average Bonchev–Trinajstić information content (AvgIpc) is 2.37. The first-order chi connectivity index (χ1) is 7.58. The SMILES string of the molecule is CCC1(CC)CCN(C(C)C(C)CN)CC1. The molecule has 0 aromatic heterocycles. The van der Waals surface area contributed by atoms with Gasteiger partial charge in [-0.05, 0) is 50.7 Å². The van der Waals surface area contributed by atoms with Crippen LogP contribution in [0.3, 0.4) is 0 Å². The standard InChI is InChI=1S/C14H30N2/c1-5-14(6-2)7-9-16(10-8-14)13(4)12(3)11-15/h12-13H,5-11,15H2,1-4H3. The summed E-state index contributed by atoms with van der Waals surface area (Å²) in [5.41, 5.74) is 6.40. The van der Waals surface area contributed by atoms with Gasteiger partial charge in [0.1, 0.15) is 0 Å². The molecule has 96 valence electrons. The Balaban J connectivity index is 2.48. The zero-order chi connectivity index (χ0) is 12.2. The van der Waals surface area contributed by atoms with E-state index in [1.54, 1.807) is 0 Å². The van der Waals surface area contributed by atoms with Crippen LogP contribution in [0, 0.1) is 11.3 Å². The van der Waals surface area contributed by atoms with Gasteiger partial charge in [0.25, 0.3) is 0 Å². The van der Waals surface area contributed by atoms with Crippen molar-refractivity contribution in [3.05, 3.63) is 0 Å². The van der Waals surface area contributed by atoms with E-state index in [1.165, 1.54) is 38.8 Å². The molecule has 0 aromatic carbocycles. The molecule has 1 heterocycles. The Hall–Kier alpha value is -0.0800. The molecule has 2 heteroatoms. The lowest BCUT2D eigenvalue weighted by molar-refractivity contribution is 0.0556. The fraction of sp³-hybridized carbons (Fsp3) is 1.00. The molecule has 16 heavy (non-hydrogen) atoms. The maximum absolute atomic E-state index is 5.76. The predicted molar refractivity (Wildman–Crippen MR) is 71.5 cm³/mol.